The Morgan fingerprint density at radius 3 is 2.25 bits per heavy atom. The van der Waals surface area contributed by atoms with Crippen molar-refractivity contribution in [2.24, 2.45) is 5.92 Å². The summed E-state index contributed by atoms with van der Waals surface area (Å²) >= 11 is 3.59. The molecular formula is C18H25BrN2O3. The van der Waals surface area contributed by atoms with Crippen molar-refractivity contribution in [3.63, 3.8) is 0 Å². The van der Waals surface area contributed by atoms with Crippen LogP contribution in [-0.4, -0.2) is 41.1 Å². The van der Waals surface area contributed by atoms with Crippen molar-refractivity contribution < 1.29 is 14.7 Å². The largest absolute Gasteiger partial charge is 0.465 e. The first-order valence-corrected chi connectivity index (χ1v) is 9.09. The second-order valence-corrected chi connectivity index (χ2v) is 7.59. The van der Waals surface area contributed by atoms with Gasteiger partial charge in [0.05, 0.1) is 5.69 Å². The number of halogens is 1. The van der Waals surface area contributed by atoms with Crippen LogP contribution < -0.4 is 4.90 Å². The molecule has 0 unspecified atom stereocenters. The van der Waals surface area contributed by atoms with Gasteiger partial charge in [-0.1, -0.05) is 0 Å². The minimum Gasteiger partial charge on any atom is -0.465 e. The van der Waals surface area contributed by atoms with Crippen LogP contribution in [0.5, 0.6) is 0 Å². The number of carboxylic acid groups (broad SMARTS) is 1. The Kier molecular flexibility index (Phi) is 5.91. The molecule has 5 nitrogen and oxygen atoms in total. The monoisotopic (exact) mass is 396 g/mol. The fraction of sp³-hybridized carbons (Fsp3) is 0.556. The molecule has 1 saturated heterocycles. The van der Waals surface area contributed by atoms with E-state index in [4.69, 9.17) is 5.11 Å². The van der Waals surface area contributed by atoms with Gasteiger partial charge in [0.1, 0.15) is 0 Å². The van der Waals surface area contributed by atoms with Crippen molar-refractivity contribution in [1.29, 1.82) is 0 Å². The number of benzene rings is 1. The van der Waals surface area contributed by atoms with Crippen LogP contribution in [0.3, 0.4) is 0 Å². The number of amides is 2. The molecule has 1 heterocycles. The number of carbonyl (C=O) groups excluding carboxylic acids is 1. The maximum absolute atomic E-state index is 13.1. The van der Waals surface area contributed by atoms with Gasteiger partial charge in [-0.2, -0.15) is 0 Å². The lowest BCUT2D eigenvalue weighted by molar-refractivity contribution is -0.124. The number of hydrogen-bond donors (Lipinski definition) is 1. The van der Waals surface area contributed by atoms with Gasteiger partial charge in [0.15, 0.2) is 0 Å². The van der Waals surface area contributed by atoms with Gasteiger partial charge in [0, 0.05) is 29.5 Å². The lowest BCUT2D eigenvalue weighted by Gasteiger charge is -2.35. The number of aryl methyl sites for hydroxylation is 2. The normalized spacial score (nSPS) is 15.7. The molecule has 0 bridgehead atoms. The molecule has 0 aromatic heterocycles. The molecule has 2 rings (SSSR count). The van der Waals surface area contributed by atoms with Gasteiger partial charge in [-0.25, -0.2) is 4.79 Å². The van der Waals surface area contributed by atoms with Crippen molar-refractivity contribution in [2.45, 2.75) is 46.6 Å². The molecule has 1 aliphatic rings. The van der Waals surface area contributed by atoms with E-state index < -0.39 is 6.09 Å². The fourth-order valence-corrected chi connectivity index (χ4v) is 3.76. The van der Waals surface area contributed by atoms with E-state index in [1.165, 1.54) is 10.5 Å². The van der Waals surface area contributed by atoms with Crippen LogP contribution in [-0.2, 0) is 4.79 Å². The number of hydrogen-bond acceptors (Lipinski definition) is 2. The van der Waals surface area contributed by atoms with Gasteiger partial charge in [-0.15, -0.1) is 0 Å². The van der Waals surface area contributed by atoms with E-state index >= 15 is 0 Å². The minimum atomic E-state index is -0.904. The summed E-state index contributed by atoms with van der Waals surface area (Å²) < 4.78 is 0.913. The highest BCUT2D eigenvalue weighted by atomic mass is 79.9. The molecule has 132 valence electrons. The Balaban J connectivity index is 2.24. The van der Waals surface area contributed by atoms with Crippen LogP contribution in [0.1, 0.15) is 37.8 Å². The molecule has 6 heteroatoms. The first-order valence-electron chi connectivity index (χ1n) is 8.30. The highest BCUT2D eigenvalue weighted by molar-refractivity contribution is 9.10. The van der Waals surface area contributed by atoms with E-state index in [0.29, 0.717) is 25.9 Å². The molecule has 1 aromatic carbocycles. The van der Waals surface area contributed by atoms with Gasteiger partial charge < -0.3 is 14.9 Å². The van der Waals surface area contributed by atoms with E-state index in [1.807, 2.05) is 44.7 Å². The maximum Gasteiger partial charge on any atom is 0.407 e. The zero-order chi connectivity index (χ0) is 18.0. The van der Waals surface area contributed by atoms with Gasteiger partial charge in [0.2, 0.25) is 5.91 Å². The molecule has 0 aliphatic carbocycles. The van der Waals surface area contributed by atoms with E-state index in [-0.39, 0.29) is 17.9 Å². The van der Waals surface area contributed by atoms with Gasteiger partial charge in [-0.3, -0.25) is 4.79 Å². The van der Waals surface area contributed by atoms with Crippen molar-refractivity contribution in [3.05, 3.63) is 27.7 Å². The standard InChI is InChI=1S/C18H25BrN2O3/c1-11(2)21(16-10-13(4)12(3)9-15(16)19)17(22)14-5-7-20(8-6-14)18(23)24/h9-11,14H,5-8H2,1-4H3,(H,23,24). The first kappa shape index (κ1) is 18.8. The zero-order valence-corrected chi connectivity index (χ0v) is 16.3. The summed E-state index contributed by atoms with van der Waals surface area (Å²) in [5, 5.41) is 9.06. The lowest BCUT2D eigenvalue weighted by atomic mass is 9.94. The summed E-state index contributed by atoms with van der Waals surface area (Å²) in [6.07, 6.45) is 0.256. The third-order valence-corrected chi connectivity index (χ3v) is 5.33. The Labute approximate surface area is 151 Å². The van der Waals surface area contributed by atoms with E-state index in [9.17, 15) is 9.59 Å². The summed E-state index contributed by atoms with van der Waals surface area (Å²) in [6.45, 7) is 8.95. The number of anilines is 1. The summed E-state index contributed by atoms with van der Waals surface area (Å²) in [6, 6.07) is 4.12. The third-order valence-electron chi connectivity index (χ3n) is 4.69. The number of rotatable bonds is 3. The van der Waals surface area contributed by atoms with Crippen molar-refractivity contribution in [2.75, 3.05) is 18.0 Å². The summed E-state index contributed by atoms with van der Waals surface area (Å²) in [4.78, 5) is 27.4. The SMILES string of the molecule is Cc1cc(Br)c(N(C(=O)C2CCN(C(=O)O)CC2)C(C)C)cc1C. The molecule has 1 N–H and O–H groups in total. The third kappa shape index (κ3) is 3.91. The smallest absolute Gasteiger partial charge is 0.407 e. The van der Waals surface area contributed by atoms with Crippen LogP contribution in [0.25, 0.3) is 0 Å². The Morgan fingerprint density at radius 1 is 1.21 bits per heavy atom. The topological polar surface area (TPSA) is 60.9 Å². The second kappa shape index (κ2) is 7.55. The predicted octanol–water partition coefficient (Wildman–Crippen LogP) is 4.20. The molecular weight excluding hydrogens is 372 g/mol. The van der Waals surface area contributed by atoms with Gasteiger partial charge in [0.25, 0.3) is 0 Å². The van der Waals surface area contributed by atoms with Crippen molar-refractivity contribution >= 4 is 33.6 Å². The average molecular weight is 397 g/mol. The molecule has 1 aromatic rings. The predicted molar refractivity (Wildman–Crippen MR) is 98.6 cm³/mol. The van der Waals surface area contributed by atoms with E-state index in [0.717, 1.165) is 15.7 Å². The molecule has 0 spiro atoms. The first-order chi connectivity index (χ1) is 11.2. The van der Waals surface area contributed by atoms with Crippen LogP contribution in [0.15, 0.2) is 16.6 Å². The minimum absolute atomic E-state index is 0.0356. The molecule has 0 atom stereocenters. The Bertz CT molecular complexity index is 637. The molecule has 2 amide bonds. The highest BCUT2D eigenvalue weighted by Gasteiger charge is 2.32. The van der Waals surface area contributed by atoms with Crippen LogP contribution in [0, 0.1) is 19.8 Å². The van der Waals surface area contributed by atoms with Crippen LogP contribution in [0.2, 0.25) is 0 Å². The summed E-state index contributed by atoms with van der Waals surface area (Å²) in [5.74, 6) is -0.0458. The Morgan fingerprint density at radius 2 is 1.75 bits per heavy atom. The number of carbonyl (C=O) groups is 2. The van der Waals surface area contributed by atoms with Gasteiger partial charge in [-0.05, 0) is 79.7 Å². The molecule has 0 radical (unpaired) electrons. The van der Waals surface area contributed by atoms with E-state index in [1.54, 1.807) is 0 Å². The maximum atomic E-state index is 13.1. The quantitative estimate of drug-likeness (QED) is 0.832. The molecule has 1 fully saturated rings. The van der Waals surface area contributed by atoms with Crippen LogP contribution in [0.4, 0.5) is 10.5 Å². The summed E-state index contributed by atoms with van der Waals surface area (Å²) in [5.41, 5.74) is 3.21. The van der Waals surface area contributed by atoms with E-state index in [2.05, 4.69) is 15.9 Å². The molecule has 0 saturated carbocycles. The highest BCUT2D eigenvalue weighted by Crippen LogP contribution is 2.33. The average Bonchev–Trinajstić information content (AvgIpc) is 2.52. The number of nitrogens with zero attached hydrogens (tertiary/aromatic N) is 2. The fourth-order valence-electron chi connectivity index (χ4n) is 3.12. The summed E-state index contributed by atoms with van der Waals surface area (Å²) in [7, 11) is 0. The molecule has 24 heavy (non-hydrogen) atoms. The second-order valence-electron chi connectivity index (χ2n) is 6.73. The molecule has 1 aliphatic heterocycles. The van der Waals surface area contributed by atoms with Gasteiger partial charge >= 0.3 is 6.09 Å². The number of piperidine rings is 1. The Hall–Kier alpha value is -1.56. The zero-order valence-electron chi connectivity index (χ0n) is 14.7. The van der Waals surface area contributed by atoms with Crippen molar-refractivity contribution in [3.8, 4) is 0 Å². The number of likely N-dealkylation sites (tertiary alicyclic amines) is 1. The van der Waals surface area contributed by atoms with Crippen LogP contribution >= 0.6 is 15.9 Å². The lowest BCUT2D eigenvalue weighted by Crippen LogP contribution is -2.46. The van der Waals surface area contributed by atoms with Crippen molar-refractivity contribution in [1.82, 2.24) is 4.90 Å².